The molecule has 0 saturated heterocycles. The third-order valence-electron chi connectivity index (χ3n) is 3.17. The highest BCUT2D eigenvalue weighted by atomic mass is 16.3. The molecule has 0 aromatic heterocycles. The van der Waals surface area contributed by atoms with Crippen molar-refractivity contribution in [1.82, 2.24) is 0 Å². The van der Waals surface area contributed by atoms with Crippen LogP contribution in [-0.4, -0.2) is 21.2 Å². The number of benzene rings is 2. The molecule has 0 fully saturated rings. The largest absolute Gasteiger partial charge is 0.504 e. The summed E-state index contributed by atoms with van der Waals surface area (Å²) in [6.07, 6.45) is 1.47. The Balaban J connectivity index is 2.14. The van der Waals surface area contributed by atoms with Crippen LogP contribution in [0.5, 0.6) is 17.2 Å². The maximum atomic E-state index is 11.9. The van der Waals surface area contributed by atoms with E-state index >= 15 is 0 Å². The lowest BCUT2D eigenvalue weighted by Crippen LogP contribution is -2.03. The van der Waals surface area contributed by atoms with Crippen LogP contribution in [-0.2, 0) is 4.79 Å². The average molecular weight is 269 g/mol. The highest BCUT2D eigenvalue weighted by Gasteiger charge is 2.24. The van der Waals surface area contributed by atoms with Crippen LogP contribution in [0.3, 0.4) is 0 Å². The number of hydrogen-bond acceptors (Lipinski definition) is 4. The molecular weight excluding hydrogens is 258 g/mol. The Hall–Kier alpha value is -2.95. The maximum absolute atomic E-state index is 11.9. The van der Waals surface area contributed by atoms with Crippen LogP contribution in [0.25, 0.3) is 11.6 Å². The van der Waals surface area contributed by atoms with E-state index in [0.717, 1.165) is 5.56 Å². The van der Waals surface area contributed by atoms with Crippen LogP contribution in [0, 0.1) is 0 Å². The van der Waals surface area contributed by atoms with Crippen LogP contribution in [0.2, 0.25) is 0 Å². The minimum absolute atomic E-state index is 0.252. The van der Waals surface area contributed by atoms with Crippen molar-refractivity contribution < 1.29 is 20.1 Å². The summed E-state index contributed by atoms with van der Waals surface area (Å²) in [6.45, 7) is 0. The fraction of sp³-hybridized carbons (Fsp3) is 0. The molecule has 0 bridgehead atoms. The molecule has 0 saturated carbocycles. The molecule has 1 amide bonds. The van der Waals surface area contributed by atoms with E-state index < -0.39 is 17.2 Å². The van der Waals surface area contributed by atoms with Crippen LogP contribution in [0.4, 0.5) is 5.69 Å². The lowest BCUT2D eigenvalue weighted by molar-refractivity contribution is -0.110. The predicted octanol–water partition coefficient (Wildman–Crippen LogP) is 2.30. The van der Waals surface area contributed by atoms with Crippen molar-refractivity contribution in [3.63, 3.8) is 0 Å². The van der Waals surface area contributed by atoms with E-state index in [-0.39, 0.29) is 11.5 Å². The van der Waals surface area contributed by atoms with Gasteiger partial charge in [0.25, 0.3) is 5.91 Å². The Labute approximate surface area is 114 Å². The summed E-state index contributed by atoms with van der Waals surface area (Å²) >= 11 is 0. The number of nitrogens with one attached hydrogen (secondary N) is 1. The number of phenolic OH excluding ortho intramolecular Hbond substituents is 3. The van der Waals surface area contributed by atoms with Crippen LogP contribution < -0.4 is 5.32 Å². The number of hydrogen-bond donors (Lipinski definition) is 4. The molecule has 0 spiro atoms. The van der Waals surface area contributed by atoms with Crippen LogP contribution in [0.1, 0.15) is 11.1 Å². The minimum atomic E-state index is -0.606. The number of rotatable bonds is 1. The Morgan fingerprint density at radius 3 is 2.50 bits per heavy atom. The molecule has 4 N–H and O–H groups in total. The Bertz CT molecular complexity index is 750. The first-order valence-corrected chi connectivity index (χ1v) is 5.94. The summed E-state index contributed by atoms with van der Waals surface area (Å²) in [5.74, 6) is -1.76. The van der Waals surface area contributed by atoms with E-state index in [1.54, 1.807) is 18.2 Å². The van der Waals surface area contributed by atoms with Gasteiger partial charge in [-0.15, -0.1) is 0 Å². The Kier molecular flexibility index (Phi) is 2.61. The molecule has 0 unspecified atom stereocenters. The lowest BCUT2D eigenvalue weighted by atomic mass is 10.0. The number of fused-ring (bicyclic) bond motifs is 1. The van der Waals surface area contributed by atoms with E-state index in [0.29, 0.717) is 11.3 Å². The SMILES string of the molecule is O=C1Nc2ccccc2/C1=C\c1ccc(O)c(O)c1O. The topological polar surface area (TPSA) is 89.8 Å². The average Bonchev–Trinajstić information content (AvgIpc) is 2.76. The predicted molar refractivity (Wildman–Crippen MR) is 74.4 cm³/mol. The van der Waals surface area contributed by atoms with Crippen molar-refractivity contribution >= 4 is 23.2 Å². The number of phenols is 3. The highest BCUT2D eigenvalue weighted by Crippen LogP contribution is 2.40. The number of carbonyl (C=O) groups excluding carboxylic acids is 1. The van der Waals surface area contributed by atoms with Crippen molar-refractivity contribution in [1.29, 1.82) is 0 Å². The van der Waals surface area contributed by atoms with Gasteiger partial charge in [-0.3, -0.25) is 4.79 Å². The number of aromatic hydroxyl groups is 3. The van der Waals surface area contributed by atoms with Gasteiger partial charge < -0.3 is 20.6 Å². The molecule has 0 radical (unpaired) electrons. The van der Waals surface area contributed by atoms with Gasteiger partial charge in [0.05, 0.1) is 0 Å². The van der Waals surface area contributed by atoms with Crippen molar-refractivity contribution in [2.24, 2.45) is 0 Å². The summed E-state index contributed by atoms with van der Waals surface area (Å²) < 4.78 is 0. The highest BCUT2D eigenvalue weighted by molar-refractivity contribution is 6.35. The molecule has 1 heterocycles. The standard InChI is InChI=1S/C15H11NO4/c17-12-6-5-8(13(18)14(12)19)7-10-9-3-1-2-4-11(9)16-15(10)20/h1-7,17-19H,(H,16,20)/b10-7+. The summed E-state index contributed by atoms with van der Waals surface area (Å²) in [7, 11) is 0. The molecule has 5 heteroatoms. The molecule has 2 aromatic carbocycles. The van der Waals surface area contributed by atoms with Gasteiger partial charge in [0, 0.05) is 22.4 Å². The second-order valence-corrected chi connectivity index (χ2v) is 4.43. The third kappa shape index (κ3) is 1.76. The van der Waals surface area contributed by atoms with Gasteiger partial charge in [0.1, 0.15) is 0 Å². The zero-order valence-corrected chi connectivity index (χ0v) is 10.3. The molecule has 2 aromatic rings. The second-order valence-electron chi connectivity index (χ2n) is 4.43. The normalized spacial score (nSPS) is 15.2. The first kappa shape index (κ1) is 12.1. The molecule has 1 aliphatic heterocycles. The maximum Gasteiger partial charge on any atom is 0.256 e. The van der Waals surface area contributed by atoms with Crippen LogP contribution >= 0.6 is 0 Å². The zero-order chi connectivity index (χ0) is 14.3. The van der Waals surface area contributed by atoms with E-state index in [2.05, 4.69) is 5.32 Å². The van der Waals surface area contributed by atoms with E-state index in [4.69, 9.17) is 0 Å². The lowest BCUT2D eigenvalue weighted by Gasteiger charge is -2.05. The van der Waals surface area contributed by atoms with Crippen LogP contribution in [0.15, 0.2) is 36.4 Å². The second kappa shape index (κ2) is 4.31. The molecule has 5 nitrogen and oxygen atoms in total. The first-order chi connectivity index (χ1) is 9.58. The number of amides is 1. The summed E-state index contributed by atoms with van der Waals surface area (Å²) in [5, 5.41) is 31.3. The summed E-state index contributed by atoms with van der Waals surface area (Å²) in [6, 6.07) is 9.86. The third-order valence-corrected chi connectivity index (χ3v) is 3.17. The van der Waals surface area contributed by atoms with E-state index in [1.165, 1.54) is 18.2 Å². The number of carbonyl (C=O) groups is 1. The molecule has 100 valence electrons. The molecular formula is C15H11NO4. The van der Waals surface area contributed by atoms with Gasteiger partial charge in [0.15, 0.2) is 11.5 Å². The van der Waals surface area contributed by atoms with E-state index in [9.17, 15) is 20.1 Å². The first-order valence-electron chi connectivity index (χ1n) is 5.94. The number of anilines is 1. The fourth-order valence-corrected chi connectivity index (χ4v) is 2.14. The van der Waals surface area contributed by atoms with Crippen molar-refractivity contribution in [2.75, 3.05) is 5.32 Å². The number of para-hydroxylation sites is 1. The van der Waals surface area contributed by atoms with Gasteiger partial charge >= 0.3 is 0 Å². The zero-order valence-electron chi connectivity index (χ0n) is 10.3. The van der Waals surface area contributed by atoms with Gasteiger partial charge in [-0.25, -0.2) is 0 Å². The molecule has 1 aliphatic rings. The smallest absolute Gasteiger partial charge is 0.256 e. The van der Waals surface area contributed by atoms with Gasteiger partial charge in [-0.2, -0.15) is 0 Å². The molecule has 20 heavy (non-hydrogen) atoms. The minimum Gasteiger partial charge on any atom is -0.504 e. The molecule has 3 rings (SSSR count). The van der Waals surface area contributed by atoms with Gasteiger partial charge in [0.2, 0.25) is 5.75 Å². The van der Waals surface area contributed by atoms with Gasteiger partial charge in [-0.05, 0) is 24.3 Å². The van der Waals surface area contributed by atoms with Crippen molar-refractivity contribution in [3.8, 4) is 17.2 Å². The summed E-state index contributed by atoms with van der Waals surface area (Å²) in [5.41, 5.74) is 2.07. The molecule has 0 atom stereocenters. The van der Waals surface area contributed by atoms with Crippen molar-refractivity contribution in [2.45, 2.75) is 0 Å². The van der Waals surface area contributed by atoms with Gasteiger partial charge in [-0.1, -0.05) is 18.2 Å². The Morgan fingerprint density at radius 1 is 0.950 bits per heavy atom. The fourth-order valence-electron chi connectivity index (χ4n) is 2.14. The van der Waals surface area contributed by atoms with E-state index in [1.807, 2.05) is 6.07 Å². The Morgan fingerprint density at radius 2 is 1.70 bits per heavy atom. The van der Waals surface area contributed by atoms with Crippen molar-refractivity contribution in [3.05, 3.63) is 47.5 Å². The molecule has 0 aliphatic carbocycles. The summed E-state index contributed by atoms with van der Waals surface area (Å²) in [4.78, 5) is 11.9. The monoisotopic (exact) mass is 269 g/mol. The quantitative estimate of drug-likeness (QED) is 0.472.